The van der Waals surface area contributed by atoms with Gasteiger partial charge in [-0.3, -0.25) is 10.1 Å². The summed E-state index contributed by atoms with van der Waals surface area (Å²) >= 11 is 2.85. The van der Waals surface area contributed by atoms with Crippen molar-refractivity contribution in [1.29, 1.82) is 0 Å². The molecule has 0 radical (unpaired) electrons. The van der Waals surface area contributed by atoms with Gasteiger partial charge in [-0.1, -0.05) is 48.9 Å². The molecule has 3 rings (SSSR count). The number of carbonyl (C=O) groups excluding carboxylic acids is 1. The Kier molecular flexibility index (Phi) is 6.85. The molecule has 0 saturated carbocycles. The predicted molar refractivity (Wildman–Crippen MR) is 108 cm³/mol. The average Bonchev–Trinajstić information content (AvgIpc) is 2.92. The Morgan fingerprint density at radius 1 is 1.22 bits per heavy atom. The van der Waals surface area contributed by atoms with Crippen LogP contribution >= 0.6 is 23.1 Å². The highest BCUT2D eigenvalue weighted by Gasteiger charge is 2.26. The molecule has 0 bridgehead atoms. The molecular formula is C17H22N4O3S3. The SMILES string of the molecule is CCSc1nnc(NC(=O)c2cccc(S(=O)(=O)N3CCCCCC3)c2)s1. The molecule has 1 aliphatic heterocycles. The third-order valence-electron chi connectivity index (χ3n) is 4.19. The van der Waals surface area contributed by atoms with Crippen LogP contribution in [0.15, 0.2) is 33.5 Å². The lowest BCUT2D eigenvalue weighted by atomic mass is 10.2. The minimum absolute atomic E-state index is 0.150. The van der Waals surface area contributed by atoms with Gasteiger partial charge in [-0.15, -0.1) is 10.2 Å². The van der Waals surface area contributed by atoms with Crippen molar-refractivity contribution < 1.29 is 13.2 Å². The predicted octanol–water partition coefficient (Wildman–Crippen LogP) is 3.47. The molecule has 0 atom stereocenters. The van der Waals surface area contributed by atoms with E-state index in [1.165, 1.54) is 27.8 Å². The number of thioether (sulfide) groups is 1. The Morgan fingerprint density at radius 2 is 1.96 bits per heavy atom. The monoisotopic (exact) mass is 426 g/mol. The third kappa shape index (κ3) is 5.07. The van der Waals surface area contributed by atoms with Crippen LogP contribution in [0.1, 0.15) is 43.0 Å². The quantitative estimate of drug-likeness (QED) is 0.562. The number of benzene rings is 1. The second-order valence-electron chi connectivity index (χ2n) is 6.11. The molecule has 2 aromatic rings. The molecule has 0 spiro atoms. The lowest BCUT2D eigenvalue weighted by molar-refractivity contribution is 0.102. The van der Waals surface area contributed by atoms with Crippen molar-refractivity contribution >= 4 is 44.2 Å². The van der Waals surface area contributed by atoms with Gasteiger partial charge in [-0.05, 0) is 36.8 Å². The fourth-order valence-electron chi connectivity index (χ4n) is 2.84. The lowest BCUT2D eigenvalue weighted by Crippen LogP contribution is -2.32. The molecule has 0 unspecified atom stereocenters. The first-order valence-corrected chi connectivity index (χ1v) is 12.1. The van der Waals surface area contributed by atoms with Gasteiger partial charge >= 0.3 is 0 Å². The Balaban J connectivity index is 1.76. The average molecular weight is 427 g/mol. The highest BCUT2D eigenvalue weighted by Crippen LogP contribution is 2.26. The maximum atomic E-state index is 12.9. The molecule has 146 valence electrons. The van der Waals surface area contributed by atoms with Gasteiger partial charge in [-0.25, -0.2) is 8.42 Å². The topological polar surface area (TPSA) is 92.3 Å². The highest BCUT2D eigenvalue weighted by molar-refractivity contribution is 8.01. The van der Waals surface area contributed by atoms with Crippen LogP contribution in [-0.4, -0.2) is 47.7 Å². The molecule has 2 heterocycles. The first-order valence-electron chi connectivity index (χ1n) is 8.88. The summed E-state index contributed by atoms with van der Waals surface area (Å²) in [6.45, 7) is 3.07. The van der Waals surface area contributed by atoms with Crippen molar-refractivity contribution in [3.8, 4) is 0 Å². The second kappa shape index (κ2) is 9.13. The smallest absolute Gasteiger partial charge is 0.257 e. The number of amides is 1. The van der Waals surface area contributed by atoms with Crippen LogP contribution in [0.2, 0.25) is 0 Å². The number of nitrogens with zero attached hydrogens (tertiary/aromatic N) is 3. The summed E-state index contributed by atoms with van der Waals surface area (Å²) in [5, 5.41) is 11.0. The molecule has 1 N–H and O–H groups in total. The molecule has 1 fully saturated rings. The fourth-order valence-corrected chi connectivity index (χ4v) is 6.05. The summed E-state index contributed by atoms with van der Waals surface area (Å²) in [5.74, 6) is 0.478. The van der Waals surface area contributed by atoms with E-state index in [0.717, 1.165) is 35.8 Å². The largest absolute Gasteiger partial charge is 0.296 e. The van der Waals surface area contributed by atoms with Crippen LogP contribution in [0.3, 0.4) is 0 Å². The van der Waals surface area contributed by atoms with Crippen LogP contribution < -0.4 is 5.32 Å². The van der Waals surface area contributed by atoms with Crippen LogP contribution in [0.5, 0.6) is 0 Å². The number of hydrogen-bond acceptors (Lipinski definition) is 7. The molecule has 1 aromatic heterocycles. The van der Waals surface area contributed by atoms with E-state index in [0.29, 0.717) is 18.2 Å². The molecule has 27 heavy (non-hydrogen) atoms. The van der Waals surface area contributed by atoms with Gasteiger partial charge < -0.3 is 0 Å². The van der Waals surface area contributed by atoms with Crippen LogP contribution in [0.25, 0.3) is 0 Å². The summed E-state index contributed by atoms with van der Waals surface area (Å²) in [6.07, 6.45) is 3.84. The van der Waals surface area contributed by atoms with E-state index in [1.807, 2.05) is 6.92 Å². The van der Waals surface area contributed by atoms with E-state index in [1.54, 1.807) is 23.9 Å². The molecular weight excluding hydrogens is 404 g/mol. The molecule has 1 aromatic carbocycles. The van der Waals surface area contributed by atoms with Gasteiger partial charge in [0.05, 0.1) is 4.90 Å². The Hall–Kier alpha value is -1.49. The number of nitrogens with one attached hydrogen (secondary N) is 1. The minimum atomic E-state index is -3.59. The second-order valence-corrected chi connectivity index (χ2v) is 10.5. The zero-order chi connectivity index (χ0) is 19.3. The Morgan fingerprint density at radius 3 is 2.67 bits per heavy atom. The molecule has 10 heteroatoms. The summed E-state index contributed by atoms with van der Waals surface area (Å²) in [6, 6.07) is 6.16. The van der Waals surface area contributed by atoms with Crippen molar-refractivity contribution in [3.63, 3.8) is 0 Å². The van der Waals surface area contributed by atoms with Gasteiger partial charge in [0.15, 0.2) is 4.34 Å². The van der Waals surface area contributed by atoms with E-state index in [4.69, 9.17) is 0 Å². The normalized spacial score (nSPS) is 16.0. The van der Waals surface area contributed by atoms with E-state index < -0.39 is 15.9 Å². The number of carbonyl (C=O) groups is 1. The van der Waals surface area contributed by atoms with Crippen molar-refractivity contribution in [1.82, 2.24) is 14.5 Å². The molecule has 1 amide bonds. The number of hydrogen-bond donors (Lipinski definition) is 1. The Bertz CT molecular complexity index is 890. The van der Waals surface area contributed by atoms with Gasteiger partial charge in [0.2, 0.25) is 15.2 Å². The molecule has 1 saturated heterocycles. The van der Waals surface area contributed by atoms with E-state index in [-0.39, 0.29) is 10.5 Å². The van der Waals surface area contributed by atoms with Gasteiger partial charge in [0, 0.05) is 18.7 Å². The fraction of sp³-hybridized carbons (Fsp3) is 0.471. The summed E-state index contributed by atoms with van der Waals surface area (Å²) < 4.78 is 28.1. The van der Waals surface area contributed by atoms with E-state index >= 15 is 0 Å². The highest BCUT2D eigenvalue weighted by atomic mass is 32.2. The summed E-state index contributed by atoms with van der Waals surface area (Å²) in [7, 11) is -3.59. The first-order chi connectivity index (χ1) is 13.0. The van der Waals surface area contributed by atoms with Crippen molar-refractivity contribution in [2.24, 2.45) is 0 Å². The van der Waals surface area contributed by atoms with E-state index in [9.17, 15) is 13.2 Å². The number of sulfonamides is 1. The maximum Gasteiger partial charge on any atom is 0.257 e. The third-order valence-corrected chi connectivity index (χ3v) is 7.94. The van der Waals surface area contributed by atoms with Crippen LogP contribution in [0, 0.1) is 0 Å². The number of aromatic nitrogens is 2. The maximum absolute atomic E-state index is 12.9. The zero-order valence-corrected chi connectivity index (χ0v) is 17.5. The standard InChI is InChI=1S/C17H22N4O3S3/c1-2-25-17-20-19-16(26-17)18-15(22)13-8-7-9-14(12-13)27(23,24)21-10-5-3-4-6-11-21/h7-9,12H,2-6,10-11H2,1H3,(H,18,19,22). The van der Waals surface area contributed by atoms with Crippen LogP contribution in [0.4, 0.5) is 5.13 Å². The van der Waals surface area contributed by atoms with Crippen molar-refractivity contribution in [2.75, 3.05) is 24.2 Å². The minimum Gasteiger partial charge on any atom is -0.296 e. The van der Waals surface area contributed by atoms with E-state index in [2.05, 4.69) is 15.5 Å². The van der Waals surface area contributed by atoms with Crippen LogP contribution in [-0.2, 0) is 10.0 Å². The lowest BCUT2D eigenvalue weighted by Gasteiger charge is -2.20. The summed E-state index contributed by atoms with van der Waals surface area (Å²) in [5.41, 5.74) is 0.283. The van der Waals surface area contributed by atoms with Gasteiger partial charge in [0.1, 0.15) is 0 Å². The van der Waals surface area contributed by atoms with Crippen molar-refractivity contribution in [3.05, 3.63) is 29.8 Å². The molecule has 1 aliphatic rings. The number of anilines is 1. The Labute approximate surface area is 167 Å². The number of rotatable bonds is 6. The first kappa shape index (κ1) is 20.2. The molecule has 0 aliphatic carbocycles. The van der Waals surface area contributed by atoms with Crippen molar-refractivity contribution in [2.45, 2.75) is 41.8 Å². The van der Waals surface area contributed by atoms with Gasteiger partial charge in [0.25, 0.3) is 5.91 Å². The zero-order valence-electron chi connectivity index (χ0n) is 15.1. The summed E-state index contributed by atoms with van der Waals surface area (Å²) in [4.78, 5) is 12.7. The molecule has 7 nitrogen and oxygen atoms in total. The van der Waals surface area contributed by atoms with Gasteiger partial charge in [-0.2, -0.15) is 4.31 Å².